The van der Waals surface area contributed by atoms with E-state index in [1.807, 2.05) is 0 Å². The first-order chi connectivity index (χ1) is 16.8. The minimum atomic E-state index is -5.95. The predicted molar refractivity (Wildman–Crippen MR) is 126 cm³/mol. The van der Waals surface area contributed by atoms with Crippen LogP contribution in [0.4, 0.5) is 35.1 Å². The maximum absolute atomic E-state index is 14.4. The van der Waals surface area contributed by atoms with Crippen LogP contribution in [0.15, 0.2) is 12.1 Å². The van der Waals surface area contributed by atoms with Crippen LogP contribution in [0.2, 0.25) is 17.6 Å². The maximum Gasteiger partial charge on any atom is 0.439 e. The summed E-state index contributed by atoms with van der Waals surface area (Å²) in [5.41, 5.74) is 0.719. The number of alkyl halides is 6. The quantitative estimate of drug-likeness (QED) is 0.125. The highest BCUT2D eigenvalue weighted by atomic mass is 35.6. The molecule has 3 rings (SSSR count). The summed E-state index contributed by atoms with van der Waals surface area (Å²) < 4.78 is 109. The normalized spacial score (nSPS) is 28.7. The molecule has 1 heterocycles. The molecule has 1 aliphatic heterocycles. The van der Waals surface area contributed by atoms with Crippen molar-refractivity contribution >= 4 is 18.5 Å². The number of hydrogen-bond donors (Lipinski definition) is 0. The van der Waals surface area contributed by atoms with Gasteiger partial charge in [-0.25, -0.2) is 13.2 Å². The second kappa shape index (κ2) is 11.8. The van der Waals surface area contributed by atoms with Crippen molar-refractivity contribution in [1.82, 2.24) is 0 Å². The van der Waals surface area contributed by atoms with Crippen LogP contribution in [0.5, 0.6) is 5.75 Å². The Bertz CT molecular complexity index is 841. The van der Waals surface area contributed by atoms with Crippen molar-refractivity contribution in [3.63, 3.8) is 0 Å². The molecule has 0 bridgehead atoms. The van der Waals surface area contributed by atoms with E-state index in [0.717, 1.165) is 43.0 Å². The zero-order chi connectivity index (χ0) is 26.7. The number of benzene rings is 1. The fourth-order valence-electron chi connectivity index (χ4n) is 5.78. The third kappa shape index (κ3) is 7.08. The first-order valence-electron chi connectivity index (χ1n) is 12.7. The average molecular weight is 565 g/mol. The van der Waals surface area contributed by atoms with Gasteiger partial charge >= 0.3 is 12.3 Å². The molecule has 0 spiro atoms. The molecule has 0 aromatic heterocycles. The fourth-order valence-corrected chi connectivity index (χ4v) is 11.2. The lowest BCUT2D eigenvalue weighted by molar-refractivity contribution is -0.306. The summed E-state index contributed by atoms with van der Waals surface area (Å²) in [6.07, 6.45) is -5.34. The van der Waals surface area contributed by atoms with E-state index in [-0.39, 0.29) is 11.5 Å². The van der Waals surface area contributed by atoms with Gasteiger partial charge in [0, 0.05) is 0 Å². The summed E-state index contributed by atoms with van der Waals surface area (Å²) in [6, 6.07) is 3.12. The standard InChI is InChI=1S/C25H33ClF8OSi/c1-2-3-4-5-16-6-8-19(9-7-16)36(26)12-10-17(11-13-36)18-14-20(27)22(21(28)15-18)35-25(33,34)23(29)24(30,31)32/h14-17,19,23H,2-13H2,1H3. The van der Waals surface area contributed by atoms with Crippen LogP contribution in [0.3, 0.4) is 0 Å². The summed E-state index contributed by atoms with van der Waals surface area (Å²) in [7, 11) is -2.07. The third-order valence-corrected chi connectivity index (χ3v) is 14.3. The fraction of sp³-hybridized carbons (Fsp3) is 0.760. The molecule has 1 aromatic rings. The Morgan fingerprint density at radius 2 is 1.50 bits per heavy atom. The first-order valence-corrected chi connectivity index (χ1v) is 16.2. The van der Waals surface area contributed by atoms with E-state index in [2.05, 4.69) is 11.7 Å². The Kier molecular flexibility index (Phi) is 9.66. The molecular formula is C25H33ClF8OSi. The van der Waals surface area contributed by atoms with Crippen LogP contribution in [-0.4, -0.2) is 25.8 Å². The highest BCUT2D eigenvalue weighted by Crippen LogP contribution is 2.52. The van der Waals surface area contributed by atoms with E-state index in [4.69, 9.17) is 11.1 Å². The van der Waals surface area contributed by atoms with Gasteiger partial charge in [-0.05, 0) is 60.0 Å². The van der Waals surface area contributed by atoms with E-state index >= 15 is 0 Å². The van der Waals surface area contributed by atoms with Crippen molar-refractivity contribution in [2.75, 3.05) is 0 Å². The zero-order valence-corrected chi connectivity index (χ0v) is 22.0. The van der Waals surface area contributed by atoms with Gasteiger partial charge in [0.05, 0.1) is 0 Å². The molecule has 1 aliphatic carbocycles. The molecule has 0 N–H and O–H groups in total. The topological polar surface area (TPSA) is 9.23 Å². The molecule has 1 nitrogen and oxygen atoms in total. The zero-order valence-electron chi connectivity index (χ0n) is 20.3. The number of unbranched alkanes of at least 4 members (excludes halogenated alkanes) is 2. The SMILES string of the molecule is CCCCCC1CCC([Si]2(Cl)CCC(c3cc(F)c(OC(F)(F)C(F)C(F)(F)F)c(F)c3)CC2)CC1. The lowest BCUT2D eigenvalue weighted by Crippen LogP contribution is -2.46. The molecule has 1 unspecified atom stereocenters. The van der Waals surface area contributed by atoms with Crippen LogP contribution >= 0.6 is 11.1 Å². The van der Waals surface area contributed by atoms with Crippen LogP contribution < -0.4 is 4.74 Å². The predicted octanol–water partition coefficient (Wildman–Crippen LogP) is 10.0. The Hall–Kier alpha value is -1.03. The molecule has 0 amide bonds. The number of hydrogen-bond acceptors (Lipinski definition) is 1. The largest absolute Gasteiger partial charge is 0.439 e. The van der Waals surface area contributed by atoms with E-state index in [0.29, 0.717) is 18.4 Å². The van der Waals surface area contributed by atoms with Crippen molar-refractivity contribution in [1.29, 1.82) is 0 Å². The van der Waals surface area contributed by atoms with Gasteiger partial charge in [-0.1, -0.05) is 58.3 Å². The summed E-state index contributed by atoms with van der Waals surface area (Å²) in [6.45, 7) is 2.19. The lowest BCUT2D eigenvalue weighted by Gasteiger charge is -2.42. The van der Waals surface area contributed by atoms with Gasteiger partial charge in [0.1, 0.15) is 0 Å². The molecule has 206 valence electrons. The second-order valence-electron chi connectivity index (χ2n) is 10.4. The van der Waals surface area contributed by atoms with Gasteiger partial charge in [0.25, 0.3) is 6.17 Å². The average Bonchev–Trinajstić information content (AvgIpc) is 2.81. The van der Waals surface area contributed by atoms with Crippen molar-refractivity contribution in [2.24, 2.45) is 5.92 Å². The monoisotopic (exact) mass is 564 g/mol. The maximum atomic E-state index is 14.4. The summed E-state index contributed by atoms with van der Waals surface area (Å²) in [4.78, 5) is 0. The highest BCUT2D eigenvalue weighted by molar-refractivity contribution is 7.21. The minimum Gasteiger partial charge on any atom is -0.424 e. The van der Waals surface area contributed by atoms with Crippen LogP contribution in [-0.2, 0) is 0 Å². The first kappa shape index (κ1) is 29.5. The Morgan fingerprint density at radius 1 is 0.944 bits per heavy atom. The molecule has 1 saturated heterocycles. The molecule has 11 heteroatoms. The van der Waals surface area contributed by atoms with Crippen LogP contribution in [0.25, 0.3) is 0 Å². The van der Waals surface area contributed by atoms with Gasteiger partial charge in [-0.3, -0.25) is 0 Å². The van der Waals surface area contributed by atoms with Gasteiger partial charge in [0.2, 0.25) is 0 Å². The number of rotatable bonds is 9. The minimum absolute atomic E-state index is 0.209. The third-order valence-electron chi connectivity index (χ3n) is 7.92. The molecular weight excluding hydrogens is 532 g/mol. The van der Waals surface area contributed by atoms with Crippen molar-refractivity contribution < 1.29 is 39.9 Å². The Labute approximate surface area is 212 Å². The van der Waals surface area contributed by atoms with Crippen molar-refractivity contribution in [2.45, 2.75) is 113 Å². The summed E-state index contributed by atoms with van der Waals surface area (Å²) in [5.74, 6) is -4.41. The van der Waals surface area contributed by atoms with Gasteiger partial charge < -0.3 is 4.74 Å². The van der Waals surface area contributed by atoms with Crippen LogP contribution in [0, 0.1) is 17.6 Å². The molecule has 2 fully saturated rings. The lowest BCUT2D eigenvalue weighted by atomic mass is 9.85. The van der Waals surface area contributed by atoms with Crippen molar-refractivity contribution in [3.05, 3.63) is 29.3 Å². The van der Waals surface area contributed by atoms with Crippen molar-refractivity contribution in [3.8, 4) is 5.75 Å². The smallest absolute Gasteiger partial charge is 0.424 e. The van der Waals surface area contributed by atoms with E-state index < -0.39 is 43.2 Å². The van der Waals surface area contributed by atoms with Gasteiger partial charge in [0.15, 0.2) is 24.8 Å². The Morgan fingerprint density at radius 3 is 2.00 bits per heavy atom. The molecule has 2 aliphatic rings. The van der Waals surface area contributed by atoms with E-state index in [9.17, 15) is 35.1 Å². The molecule has 0 radical (unpaired) electrons. The number of ether oxygens (including phenoxy) is 1. The molecule has 1 atom stereocenters. The molecule has 1 aromatic carbocycles. The summed E-state index contributed by atoms with van der Waals surface area (Å²) >= 11 is 7.17. The second-order valence-corrected chi connectivity index (χ2v) is 16.5. The van der Waals surface area contributed by atoms with E-state index in [1.54, 1.807) is 0 Å². The van der Waals surface area contributed by atoms with Crippen LogP contribution in [0.1, 0.15) is 82.6 Å². The van der Waals surface area contributed by atoms with Gasteiger partial charge in [-0.15, -0.1) is 0 Å². The number of halogens is 9. The molecule has 36 heavy (non-hydrogen) atoms. The highest BCUT2D eigenvalue weighted by Gasteiger charge is 2.59. The molecule has 1 saturated carbocycles. The summed E-state index contributed by atoms with van der Waals surface area (Å²) in [5, 5.41) is 0. The Balaban J connectivity index is 1.60. The van der Waals surface area contributed by atoms with E-state index in [1.165, 1.54) is 38.5 Å². The van der Waals surface area contributed by atoms with Gasteiger partial charge in [-0.2, -0.15) is 33.0 Å².